The van der Waals surface area contributed by atoms with E-state index in [1.807, 2.05) is 0 Å². The van der Waals surface area contributed by atoms with Gasteiger partial charge in [-0.1, -0.05) is 0 Å². The molecule has 0 atom stereocenters. The molecule has 2 N–H and O–H groups in total. The van der Waals surface area contributed by atoms with Crippen molar-refractivity contribution >= 4 is 27.4 Å². The minimum atomic E-state index is -3.31. The molecule has 0 fully saturated rings. The summed E-state index contributed by atoms with van der Waals surface area (Å²) in [4.78, 5) is 23.6. The van der Waals surface area contributed by atoms with Crippen LogP contribution in [0.25, 0.3) is 0 Å². The zero-order valence-corrected chi connectivity index (χ0v) is 15.0. The number of sulfone groups is 1. The van der Waals surface area contributed by atoms with Crippen molar-refractivity contribution < 1.29 is 37.0 Å². The zero-order chi connectivity index (χ0) is 19.5. The van der Waals surface area contributed by atoms with Gasteiger partial charge >= 0.3 is 5.97 Å². The number of benzene rings is 1. The molecule has 0 unspecified atom stereocenters. The number of ether oxygens (including phenoxy) is 2. The van der Waals surface area contributed by atoms with Gasteiger partial charge in [0.15, 0.2) is 27.1 Å². The Hall–Kier alpha value is -3.01. The van der Waals surface area contributed by atoms with Crippen molar-refractivity contribution in [3.8, 4) is 11.5 Å². The second-order valence-electron chi connectivity index (χ2n) is 5.35. The van der Waals surface area contributed by atoms with Crippen molar-refractivity contribution in [2.45, 2.75) is 5.75 Å². The summed E-state index contributed by atoms with van der Waals surface area (Å²) < 4.78 is 38.0. The van der Waals surface area contributed by atoms with Crippen LogP contribution in [0, 0.1) is 0 Å². The highest BCUT2D eigenvalue weighted by Crippen LogP contribution is 2.37. The molecule has 9 nitrogen and oxygen atoms in total. The average molecular weight is 383 g/mol. The molecule has 10 heteroatoms. The molecule has 0 bridgehead atoms. The quantitative estimate of drug-likeness (QED) is 0.739. The molecule has 1 aromatic heterocycles. The van der Waals surface area contributed by atoms with E-state index in [0.29, 0.717) is 0 Å². The van der Waals surface area contributed by atoms with Gasteiger partial charge in [-0.05, 0) is 24.3 Å². The highest BCUT2D eigenvalue weighted by atomic mass is 32.2. The topological polar surface area (TPSA) is 132 Å². The monoisotopic (exact) mass is 383 g/mol. The Balaban J connectivity index is 2.33. The van der Waals surface area contributed by atoms with Crippen LogP contribution in [-0.2, 0) is 15.6 Å². The first kappa shape index (κ1) is 19.3. The lowest BCUT2D eigenvalue weighted by molar-refractivity contribution is 0.0696. The molecular formula is C16H17NO8S. The van der Waals surface area contributed by atoms with Crippen LogP contribution in [-0.4, -0.2) is 45.9 Å². The van der Waals surface area contributed by atoms with E-state index in [1.54, 1.807) is 0 Å². The third kappa shape index (κ3) is 4.54. The average Bonchev–Trinajstić information content (AvgIpc) is 3.00. The molecule has 140 valence electrons. The molecule has 1 amide bonds. The Morgan fingerprint density at radius 3 is 2.42 bits per heavy atom. The van der Waals surface area contributed by atoms with Crippen LogP contribution in [0.15, 0.2) is 28.7 Å². The maximum absolute atomic E-state index is 12.3. The Morgan fingerprint density at radius 2 is 1.88 bits per heavy atom. The first-order valence-electron chi connectivity index (χ1n) is 7.21. The summed E-state index contributed by atoms with van der Waals surface area (Å²) in [5.74, 6) is -2.02. The molecule has 0 radical (unpaired) electrons. The predicted octanol–water partition coefficient (Wildman–Crippen LogP) is 1.79. The van der Waals surface area contributed by atoms with Crippen LogP contribution in [0.1, 0.15) is 26.7 Å². The number of carbonyl (C=O) groups excluding carboxylic acids is 1. The molecule has 0 aliphatic rings. The molecule has 26 heavy (non-hydrogen) atoms. The van der Waals surface area contributed by atoms with Crippen LogP contribution < -0.4 is 14.8 Å². The summed E-state index contributed by atoms with van der Waals surface area (Å²) in [6.45, 7) is 0. The van der Waals surface area contributed by atoms with Gasteiger partial charge in [-0.25, -0.2) is 13.2 Å². The Kier molecular flexibility index (Phi) is 5.56. The second-order valence-corrected chi connectivity index (χ2v) is 7.49. The predicted molar refractivity (Wildman–Crippen MR) is 91.7 cm³/mol. The van der Waals surface area contributed by atoms with Crippen LogP contribution in [0.5, 0.6) is 11.5 Å². The maximum atomic E-state index is 12.3. The number of rotatable bonds is 7. The SMILES string of the molecule is COc1cc(C(=O)O)cc(NC(=O)c2ccc(CS(C)(=O)=O)o2)c1OC. The van der Waals surface area contributed by atoms with Crippen molar-refractivity contribution in [2.24, 2.45) is 0 Å². The molecule has 2 aromatic rings. The van der Waals surface area contributed by atoms with Crippen LogP contribution in [0.3, 0.4) is 0 Å². The number of furan rings is 1. The summed E-state index contributed by atoms with van der Waals surface area (Å²) in [7, 11) is -0.640. The van der Waals surface area contributed by atoms with E-state index in [9.17, 15) is 23.1 Å². The third-order valence-electron chi connectivity index (χ3n) is 3.26. The molecule has 1 heterocycles. The minimum Gasteiger partial charge on any atom is -0.493 e. The number of carboxylic acids is 1. The standard InChI is InChI=1S/C16H17NO8S/c1-23-13-7-9(16(19)20)6-11(14(13)24-2)17-15(18)12-5-4-10(25-12)8-26(3,21)22/h4-7H,8H2,1-3H3,(H,17,18)(H,19,20). The van der Waals surface area contributed by atoms with E-state index in [-0.39, 0.29) is 40.0 Å². The van der Waals surface area contributed by atoms with Crippen molar-refractivity contribution in [3.05, 3.63) is 41.3 Å². The van der Waals surface area contributed by atoms with Crippen molar-refractivity contribution in [3.63, 3.8) is 0 Å². The van der Waals surface area contributed by atoms with Crippen LogP contribution in [0.2, 0.25) is 0 Å². The first-order valence-corrected chi connectivity index (χ1v) is 9.27. The Labute approximate surface area is 149 Å². The van der Waals surface area contributed by atoms with Crippen molar-refractivity contribution in [1.82, 2.24) is 0 Å². The maximum Gasteiger partial charge on any atom is 0.335 e. The second kappa shape index (κ2) is 7.48. The largest absolute Gasteiger partial charge is 0.493 e. The molecule has 0 saturated carbocycles. The number of hydrogen-bond donors (Lipinski definition) is 2. The van der Waals surface area contributed by atoms with E-state index >= 15 is 0 Å². The van der Waals surface area contributed by atoms with Crippen molar-refractivity contribution in [1.29, 1.82) is 0 Å². The third-order valence-corrected chi connectivity index (χ3v) is 4.07. The summed E-state index contributed by atoms with van der Waals surface area (Å²) in [5, 5.41) is 11.6. The zero-order valence-electron chi connectivity index (χ0n) is 14.2. The normalized spacial score (nSPS) is 11.0. The van der Waals surface area contributed by atoms with E-state index in [4.69, 9.17) is 13.9 Å². The van der Waals surface area contributed by atoms with Gasteiger partial charge in [0.2, 0.25) is 0 Å². The lowest BCUT2D eigenvalue weighted by atomic mass is 10.1. The number of aromatic carboxylic acids is 1. The minimum absolute atomic E-state index is 0.0651. The van der Waals surface area contributed by atoms with Gasteiger partial charge in [0.05, 0.1) is 25.5 Å². The number of carbonyl (C=O) groups is 2. The van der Waals surface area contributed by atoms with E-state index < -0.39 is 21.7 Å². The number of carboxylic acid groups (broad SMARTS) is 1. The fraction of sp³-hybridized carbons (Fsp3) is 0.250. The first-order chi connectivity index (χ1) is 12.1. The van der Waals surface area contributed by atoms with Gasteiger partial charge in [-0.2, -0.15) is 0 Å². The lowest BCUT2D eigenvalue weighted by Crippen LogP contribution is -2.13. The molecule has 0 saturated heterocycles. The van der Waals surface area contributed by atoms with Gasteiger partial charge in [-0.15, -0.1) is 0 Å². The Morgan fingerprint density at radius 1 is 1.19 bits per heavy atom. The van der Waals surface area contributed by atoms with E-state index in [1.165, 1.54) is 38.5 Å². The van der Waals surface area contributed by atoms with Gasteiger partial charge in [0.1, 0.15) is 11.5 Å². The number of amides is 1. The molecular weight excluding hydrogens is 366 g/mol. The smallest absolute Gasteiger partial charge is 0.335 e. The molecule has 0 spiro atoms. The highest BCUT2D eigenvalue weighted by Gasteiger charge is 2.20. The number of hydrogen-bond acceptors (Lipinski definition) is 7. The summed E-state index contributed by atoms with van der Waals surface area (Å²) in [5.41, 5.74) is -0.0505. The van der Waals surface area contributed by atoms with Crippen LogP contribution >= 0.6 is 0 Å². The van der Waals surface area contributed by atoms with Gasteiger partial charge in [-0.3, -0.25) is 4.79 Å². The van der Waals surface area contributed by atoms with Gasteiger partial charge in [0, 0.05) is 6.26 Å². The fourth-order valence-corrected chi connectivity index (χ4v) is 2.87. The molecule has 2 rings (SSSR count). The Bertz CT molecular complexity index is 945. The lowest BCUT2D eigenvalue weighted by Gasteiger charge is -2.14. The molecule has 0 aliphatic heterocycles. The fourth-order valence-electron chi connectivity index (χ4n) is 2.20. The highest BCUT2D eigenvalue weighted by molar-refractivity contribution is 7.89. The van der Waals surface area contributed by atoms with Crippen LogP contribution in [0.4, 0.5) is 5.69 Å². The molecule has 1 aromatic carbocycles. The van der Waals surface area contributed by atoms with E-state index in [2.05, 4.69) is 5.32 Å². The number of methoxy groups -OCH3 is 2. The van der Waals surface area contributed by atoms with Crippen molar-refractivity contribution in [2.75, 3.05) is 25.8 Å². The van der Waals surface area contributed by atoms with E-state index in [0.717, 1.165) is 6.26 Å². The molecule has 0 aliphatic carbocycles. The summed E-state index contributed by atoms with van der Waals surface area (Å²) >= 11 is 0. The number of nitrogens with one attached hydrogen (secondary N) is 1. The summed E-state index contributed by atoms with van der Waals surface area (Å²) in [6, 6.07) is 5.16. The van der Waals surface area contributed by atoms with Gasteiger partial charge < -0.3 is 24.3 Å². The summed E-state index contributed by atoms with van der Waals surface area (Å²) in [6.07, 6.45) is 1.05. The van der Waals surface area contributed by atoms with Gasteiger partial charge in [0.25, 0.3) is 5.91 Å². The number of anilines is 1.